The summed E-state index contributed by atoms with van der Waals surface area (Å²) in [4.78, 5) is 15.9. The van der Waals surface area contributed by atoms with E-state index in [0.29, 0.717) is 5.84 Å². The van der Waals surface area contributed by atoms with Gasteiger partial charge in [0, 0.05) is 14.1 Å². The van der Waals surface area contributed by atoms with Crippen LogP contribution in [-0.2, 0) is 4.74 Å². The summed E-state index contributed by atoms with van der Waals surface area (Å²) in [5.74, 6) is 0.631. The molecule has 0 heterocycles. The SMILES string of the molecule is CN=C(C)N(C)C(=O)OC. The highest BCUT2D eigenvalue weighted by Gasteiger charge is 2.08. The van der Waals surface area contributed by atoms with E-state index in [4.69, 9.17) is 0 Å². The first-order chi connectivity index (χ1) is 4.63. The number of hydrogen-bond acceptors (Lipinski definition) is 3. The van der Waals surface area contributed by atoms with Gasteiger partial charge in [-0.25, -0.2) is 4.79 Å². The van der Waals surface area contributed by atoms with Crippen LogP contribution in [0, 0.1) is 0 Å². The Labute approximate surface area is 60.5 Å². The Morgan fingerprint density at radius 3 is 2.40 bits per heavy atom. The summed E-state index contributed by atoms with van der Waals surface area (Å²) in [5.41, 5.74) is 0. The van der Waals surface area contributed by atoms with Crippen molar-refractivity contribution in [1.29, 1.82) is 0 Å². The van der Waals surface area contributed by atoms with E-state index in [2.05, 4.69) is 9.73 Å². The number of carbonyl (C=O) groups is 1. The number of amides is 1. The van der Waals surface area contributed by atoms with E-state index < -0.39 is 6.09 Å². The second-order valence-corrected chi connectivity index (χ2v) is 1.80. The molecule has 4 nitrogen and oxygen atoms in total. The maximum Gasteiger partial charge on any atom is 0.414 e. The van der Waals surface area contributed by atoms with Crippen LogP contribution < -0.4 is 0 Å². The van der Waals surface area contributed by atoms with E-state index in [9.17, 15) is 4.79 Å². The predicted octanol–water partition coefficient (Wildman–Crippen LogP) is 0.733. The van der Waals surface area contributed by atoms with Gasteiger partial charge in [0.1, 0.15) is 5.84 Å². The van der Waals surface area contributed by atoms with Gasteiger partial charge in [0.05, 0.1) is 7.11 Å². The summed E-state index contributed by atoms with van der Waals surface area (Å²) in [5, 5.41) is 0. The molecule has 0 atom stereocenters. The molecule has 0 aliphatic carbocycles. The van der Waals surface area contributed by atoms with Crippen molar-refractivity contribution in [3.8, 4) is 0 Å². The minimum absolute atomic E-state index is 0.400. The van der Waals surface area contributed by atoms with Crippen molar-refractivity contribution in [2.45, 2.75) is 6.92 Å². The molecular weight excluding hydrogens is 132 g/mol. The summed E-state index contributed by atoms with van der Waals surface area (Å²) >= 11 is 0. The fourth-order valence-corrected chi connectivity index (χ4v) is 0.419. The molecule has 0 rings (SSSR count). The third-order valence-electron chi connectivity index (χ3n) is 1.26. The molecule has 1 amide bonds. The Balaban J connectivity index is 4.08. The molecule has 0 aromatic carbocycles. The number of nitrogens with zero attached hydrogens (tertiary/aromatic N) is 2. The molecule has 0 N–H and O–H groups in total. The Morgan fingerprint density at radius 2 is 2.10 bits per heavy atom. The molecule has 10 heavy (non-hydrogen) atoms. The van der Waals surface area contributed by atoms with E-state index >= 15 is 0 Å². The lowest BCUT2D eigenvalue weighted by molar-refractivity contribution is 0.152. The highest BCUT2D eigenvalue weighted by Crippen LogP contribution is 1.89. The first kappa shape index (κ1) is 8.94. The lowest BCUT2D eigenvalue weighted by Crippen LogP contribution is -2.30. The van der Waals surface area contributed by atoms with Gasteiger partial charge in [-0.3, -0.25) is 9.89 Å². The van der Waals surface area contributed by atoms with E-state index in [1.807, 2.05) is 0 Å². The number of hydrogen-bond donors (Lipinski definition) is 0. The van der Waals surface area contributed by atoms with Gasteiger partial charge in [0.2, 0.25) is 0 Å². The molecule has 0 saturated carbocycles. The number of rotatable bonds is 0. The number of amidine groups is 1. The number of carbonyl (C=O) groups excluding carboxylic acids is 1. The Hall–Kier alpha value is -1.06. The molecule has 0 aromatic rings. The quantitative estimate of drug-likeness (QED) is 0.371. The smallest absolute Gasteiger partial charge is 0.414 e. The summed E-state index contributed by atoms with van der Waals surface area (Å²) in [7, 11) is 4.56. The summed E-state index contributed by atoms with van der Waals surface area (Å²) in [6, 6.07) is 0. The minimum atomic E-state index is -0.400. The van der Waals surface area contributed by atoms with Crippen LogP contribution in [0.5, 0.6) is 0 Å². The van der Waals surface area contributed by atoms with E-state index in [-0.39, 0.29) is 0 Å². The van der Waals surface area contributed by atoms with Crippen molar-refractivity contribution in [3.05, 3.63) is 0 Å². The number of methoxy groups -OCH3 is 1. The Bertz CT molecular complexity index is 154. The average Bonchev–Trinajstić information content (AvgIpc) is 2.00. The molecule has 0 bridgehead atoms. The summed E-state index contributed by atoms with van der Waals surface area (Å²) in [6.45, 7) is 1.73. The van der Waals surface area contributed by atoms with Crippen LogP contribution in [0.3, 0.4) is 0 Å². The van der Waals surface area contributed by atoms with Gasteiger partial charge in [0.25, 0.3) is 0 Å². The van der Waals surface area contributed by atoms with Gasteiger partial charge in [-0.2, -0.15) is 0 Å². The van der Waals surface area contributed by atoms with Crippen LogP contribution in [0.1, 0.15) is 6.92 Å². The van der Waals surface area contributed by atoms with Crippen LogP contribution in [0.2, 0.25) is 0 Å². The highest BCUT2D eigenvalue weighted by atomic mass is 16.5. The Kier molecular flexibility index (Phi) is 3.46. The zero-order chi connectivity index (χ0) is 8.15. The first-order valence-corrected chi connectivity index (χ1v) is 2.88. The predicted molar refractivity (Wildman–Crippen MR) is 39.2 cm³/mol. The van der Waals surface area contributed by atoms with Crippen molar-refractivity contribution in [2.75, 3.05) is 21.2 Å². The standard InChI is InChI=1S/C6H12N2O2/c1-5(7-2)8(3)6(9)10-4/h1-4H3. The second kappa shape index (κ2) is 3.87. The lowest BCUT2D eigenvalue weighted by Gasteiger charge is -2.13. The molecule has 4 heteroatoms. The zero-order valence-corrected chi connectivity index (χ0v) is 6.71. The zero-order valence-electron chi connectivity index (χ0n) is 6.71. The fourth-order valence-electron chi connectivity index (χ4n) is 0.419. The van der Waals surface area contributed by atoms with E-state index in [1.54, 1.807) is 21.0 Å². The molecule has 0 fully saturated rings. The van der Waals surface area contributed by atoms with E-state index in [0.717, 1.165) is 0 Å². The second-order valence-electron chi connectivity index (χ2n) is 1.80. The van der Waals surface area contributed by atoms with Gasteiger partial charge >= 0.3 is 6.09 Å². The molecular formula is C6H12N2O2. The van der Waals surface area contributed by atoms with Crippen LogP contribution in [0.25, 0.3) is 0 Å². The van der Waals surface area contributed by atoms with Crippen molar-refractivity contribution in [1.82, 2.24) is 4.90 Å². The van der Waals surface area contributed by atoms with Crippen molar-refractivity contribution in [2.24, 2.45) is 4.99 Å². The van der Waals surface area contributed by atoms with Crippen molar-refractivity contribution < 1.29 is 9.53 Å². The van der Waals surface area contributed by atoms with Gasteiger partial charge in [-0.05, 0) is 6.92 Å². The summed E-state index contributed by atoms with van der Waals surface area (Å²) in [6.07, 6.45) is -0.400. The van der Waals surface area contributed by atoms with Crippen LogP contribution in [-0.4, -0.2) is 38.0 Å². The largest absolute Gasteiger partial charge is 0.452 e. The first-order valence-electron chi connectivity index (χ1n) is 2.88. The normalized spacial score (nSPS) is 11.0. The monoisotopic (exact) mass is 144 g/mol. The van der Waals surface area contributed by atoms with Crippen LogP contribution in [0.4, 0.5) is 4.79 Å². The van der Waals surface area contributed by atoms with Gasteiger partial charge in [-0.15, -0.1) is 0 Å². The van der Waals surface area contributed by atoms with Crippen LogP contribution in [0.15, 0.2) is 4.99 Å². The number of aliphatic imine (C=N–C) groups is 1. The van der Waals surface area contributed by atoms with Gasteiger partial charge in [0.15, 0.2) is 0 Å². The molecule has 58 valence electrons. The van der Waals surface area contributed by atoms with Gasteiger partial charge in [-0.1, -0.05) is 0 Å². The maximum atomic E-state index is 10.7. The van der Waals surface area contributed by atoms with E-state index in [1.165, 1.54) is 12.0 Å². The molecule has 0 unspecified atom stereocenters. The highest BCUT2D eigenvalue weighted by molar-refractivity contribution is 5.93. The topological polar surface area (TPSA) is 41.9 Å². The molecule has 0 aromatic heterocycles. The van der Waals surface area contributed by atoms with Crippen LogP contribution >= 0.6 is 0 Å². The molecule has 0 aliphatic rings. The minimum Gasteiger partial charge on any atom is -0.452 e. The van der Waals surface area contributed by atoms with Gasteiger partial charge < -0.3 is 4.74 Å². The molecule has 0 saturated heterocycles. The van der Waals surface area contributed by atoms with Crippen molar-refractivity contribution >= 4 is 11.9 Å². The average molecular weight is 144 g/mol. The molecule has 0 radical (unpaired) electrons. The third-order valence-corrected chi connectivity index (χ3v) is 1.26. The molecule has 0 aliphatic heterocycles. The summed E-state index contributed by atoms with van der Waals surface area (Å²) < 4.78 is 4.44. The van der Waals surface area contributed by atoms with Crippen molar-refractivity contribution in [3.63, 3.8) is 0 Å². The molecule has 0 spiro atoms. The lowest BCUT2D eigenvalue weighted by atomic mass is 10.6. The Morgan fingerprint density at radius 1 is 1.60 bits per heavy atom. The number of ether oxygens (including phenoxy) is 1. The third kappa shape index (κ3) is 2.05. The fraction of sp³-hybridized carbons (Fsp3) is 0.667. The maximum absolute atomic E-state index is 10.7.